The average molecular weight is 158 g/mol. The number of aryl methyl sites for hydroxylation is 1. The molecule has 0 bridgehead atoms. The first-order valence-electron chi connectivity index (χ1n) is 2.90. The molecule has 10 heavy (non-hydrogen) atoms. The van der Waals surface area contributed by atoms with Gasteiger partial charge in [0.2, 0.25) is 0 Å². The minimum absolute atomic E-state index is 0.638. The topological polar surface area (TPSA) is 22.1 Å². The standard InChI is InChI=1S/C7H8ClNO/c1-5-7(8)3-6(10-2)4-9-5/h3-4H,1-2H3. The molecule has 3 heteroatoms. The molecule has 0 spiro atoms. The van der Waals surface area contributed by atoms with Crippen LogP contribution in [0.5, 0.6) is 5.75 Å². The molecule has 0 saturated carbocycles. The Kier molecular flexibility index (Phi) is 2.12. The van der Waals surface area contributed by atoms with Crippen molar-refractivity contribution in [1.82, 2.24) is 4.98 Å². The molecule has 1 aromatic heterocycles. The Morgan fingerprint density at radius 3 is 2.80 bits per heavy atom. The van der Waals surface area contributed by atoms with Crippen molar-refractivity contribution in [1.29, 1.82) is 0 Å². The predicted molar refractivity (Wildman–Crippen MR) is 40.5 cm³/mol. The van der Waals surface area contributed by atoms with Gasteiger partial charge in [-0.3, -0.25) is 4.98 Å². The zero-order valence-electron chi connectivity index (χ0n) is 5.89. The number of nitrogens with zero attached hydrogens (tertiary/aromatic N) is 1. The predicted octanol–water partition coefficient (Wildman–Crippen LogP) is 2.05. The fourth-order valence-electron chi connectivity index (χ4n) is 0.600. The van der Waals surface area contributed by atoms with E-state index >= 15 is 0 Å². The van der Waals surface area contributed by atoms with Gasteiger partial charge in [-0.1, -0.05) is 11.6 Å². The third kappa shape index (κ3) is 1.39. The minimum atomic E-state index is 0.638. The van der Waals surface area contributed by atoms with Crippen LogP contribution in [0.4, 0.5) is 0 Å². The molecule has 0 radical (unpaired) electrons. The summed E-state index contributed by atoms with van der Waals surface area (Å²) in [5.41, 5.74) is 0.822. The lowest BCUT2D eigenvalue weighted by Gasteiger charge is -1.99. The highest BCUT2D eigenvalue weighted by atomic mass is 35.5. The molecule has 0 fully saturated rings. The molecule has 54 valence electrons. The van der Waals surface area contributed by atoms with Crippen LogP contribution in [0, 0.1) is 6.92 Å². The molecule has 0 saturated heterocycles. The molecule has 1 rings (SSSR count). The number of pyridine rings is 1. The summed E-state index contributed by atoms with van der Waals surface area (Å²) >= 11 is 5.75. The summed E-state index contributed by atoms with van der Waals surface area (Å²) in [4.78, 5) is 3.99. The molecule has 1 heterocycles. The molecule has 2 nitrogen and oxygen atoms in total. The Morgan fingerprint density at radius 1 is 1.60 bits per heavy atom. The molecule has 0 amide bonds. The Hall–Kier alpha value is -0.760. The number of halogens is 1. The van der Waals surface area contributed by atoms with Gasteiger partial charge in [-0.15, -0.1) is 0 Å². The van der Waals surface area contributed by atoms with E-state index in [0.29, 0.717) is 10.8 Å². The monoisotopic (exact) mass is 157 g/mol. The van der Waals surface area contributed by atoms with E-state index in [4.69, 9.17) is 16.3 Å². The number of rotatable bonds is 1. The fraction of sp³-hybridized carbons (Fsp3) is 0.286. The molecule has 0 aliphatic rings. The highest BCUT2D eigenvalue weighted by Gasteiger charge is 1.96. The number of methoxy groups -OCH3 is 1. The van der Waals surface area contributed by atoms with E-state index in [1.165, 1.54) is 0 Å². The van der Waals surface area contributed by atoms with E-state index in [-0.39, 0.29) is 0 Å². The number of ether oxygens (including phenoxy) is 1. The Labute approximate surface area is 64.8 Å². The molecule has 1 aromatic rings. The zero-order chi connectivity index (χ0) is 7.56. The van der Waals surface area contributed by atoms with Crippen molar-refractivity contribution in [3.63, 3.8) is 0 Å². The summed E-state index contributed by atoms with van der Waals surface area (Å²) in [7, 11) is 1.59. The first-order valence-corrected chi connectivity index (χ1v) is 3.28. The van der Waals surface area contributed by atoms with Crippen LogP contribution in [0.1, 0.15) is 5.69 Å². The normalized spacial score (nSPS) is 9.50. The molecule has 0 aromatic carbocycles. The van der Waals surface area contributed by atoms with Crippen molar-refractivity contribution < 1.29 is 4.74 Å². The number of hydrogen-bond donors (Lipinski definition) is 0. The van der Waals surface area contributed by atoms with Crippen LogP contribution in [-0.4, -0.2) is 12.1 Å². The Bertz CT molecular complexity index is 237. The second-order valence-electron chi connectivity index (χ2n) is 1.94. The lowest BCUT2D eigenvalue weighted by Crippen LogP contribution is -1.86. The Morgan fingerprint density at radius 2 is 2.30 bits per heavy atom. The summed E-state index contributed by atoms with van der Waals surface area (Å²) in [6.45, 7) is 1.85. The van der Waals surface area contributed by atoms with Crippen molar-refractivity contribution >= 4 is 11.6 Å². The van der Waals surface area contributed by atoms with E-state index in [1.54, 1.807) is 19.4 Å². The molecule has 0 atom stereocenters. The molecule has 0 N–H and O–H groups in total. The maximum absolute atomic E-state index is 5.75. The van der Waals surface area contributed by atoms with E-state index in [0.717, 1.165) is 5.69 Å². The number of hydrogen-bond acceptors (Lipinski definition) is 2. The van der Waals surface area contributed by atoms with Gasteiger partial charge in [-0.2, -0.15) is 0 Å². The lowest BCUT2D eigenvalue weighted by molar-refractivity contribution is 0.412. The fourth-order valence-corrected chi connectivity index (χ4v) is 0.757. The van der Waals surface area contributed by atoms with Crippen LogP contribution in [0.15, 0.2) is 12.3 Å². The van der Waals surface area contributed by atoms with Crippen molar-refractivity contribution in [2.24, 2.45) is 0 Å². The largest absolute Gasteiger partial charge is 0.495 e. The van der Waals surface area contributed by atoms with Crippen LogP contribution in [0.25, 0.3) is 0 Å². The van der Waals surface area contributed by atoms with Gasteiger partial charge in [0, 0.05) is 6.07 Å². The van der Waals surface area contributed by atoms with E-state index in [1.807, 2.05) is 6.92 Å². The quantitative estimate of drug-likeness (QED) is 0.623. The van der Waals surface area contributed by atoms with Gasteiger partial charge in [-0.25, -0.2) is 0 Å². The van der Waals surface area contributed by atoms with Gasteiger partial charge < -0.3 is 4.74 Å². The van der Waals surface area contributed by atoms with Crippen LogP contribution in [0.3, 0.4) is 0 Å². The highest BCUT2D eigenvalue weighted by molar-refractivity contribution is 6.31. The molecule has 0 aliphatic heterocycles. The van der Waals surface area contributed by atoms with Crippen molar-refractivity contribution in [3.05, 3.63) is 23.0 Å². The SMILES string of the molecule is COc1cnc(C)c(Cl)c1. The van der Waals surface area contributed by atoms with Crippen LogP contribution in [0.2, 0.25) is 5.02 Å². The minimum Gasteiger partial charge on any atom is -0.495 e. The van der Waals surface area contributed by atoms with E-state index in [9.17, 15) is 0 Å². The number of aromatic nitrogens is 1. The van der Waals surface area contributed by atoms with Gasteiger partial charge in [0.25, 0.3) is 0 Å². The van der Waals surface area contributed by atoms with Gasteiger partial charge in [0.15, 0.2) is 0 Å². The first-order chi connectivity index (χ1) is 4.74. The van der Waals surface area contributed by atoms with Gasteiger partial charge in [0.05, 0.1) is 24.0 Å². The third-order valence-electron chi connectivity index (χ3n) is 1.24. The summed E-state index contributed by atoms with van der Waals surface area (Å²) in [5.74, 6) is 0.690. The lowest BCUT2D eigenvalue weighted by atomic mass is 10.4. The third-order valence-corrected chi connectivity index (χ3v) is 1.62. The van der Waals surface area contributed by atoms with Gasteiger partial charge >= 0.3 is 0 Å². The second-order valence-corrected chi connectivity index (χ2v) is 2.35. The molecule has 0 aliphatic carbocycles. The molecular formula is C7H8ClNO. The maximum atomic E-state index is 5.75. The highest BCUT2D eigenvalue weighted by Crippen LogP contribution is 2.18. The van der Waals surface area contributed by atoms with Gasteiger partial charge in [0.1, 0.15) is 5.75 Å². The van der Waals surface area contributed by atoms with E-state index < -0.39 is 0 Å². The first kappa shape index (κ1) is 7.35. The van der Waals surface area contributed by atoms with Crippen molar-refractivity contribution in [3.8, 4) is 5.75 Å². The van der Waals surface area contributed by atoms with Gasteiger partial charge in [-0.05, 0) is 6.92 Å². The molecule has 0 unspecified atom stereocenters. The second kappa shape index (κ2) is 2.88. The summed E-state index contributed by atoms with van der Waals surface area (Å²) in [5, 5.41) is 0.638. The zero-order valence-corrected chi connectivity index (χ0v) is 6.64. The smallest absolute Gasteiger partial charge is 0.138 e. The van der Waals surface area contributed by atoms with Crippen LogP contribution < -0.4 is 4.74 Å². The average Bonchev–Trinajstić information content (AvgIpc) is 1.95. The summed E-state index contributed by atoms with van der Waals surface area (Å²) in [6.07, 6.45) is 1.64. The van der Waals surface area contributed by atoms with E-state index in [2.05, 4.69) is 4.98 Å². The summed E-state index contributed by atoms with van der Waals surface area (Å²) < 4.78 is 4.90. The molecular weight excluding hydrogens is 150 g/mol. The van der Waals surface area contributed by atoms with Crippen molar-refractivity contribution in [2.75, 3.05) is 7.11 Å². The van der Waals surface area contributed by atoms with Crippen molar-refractivity contribution in [2.45, 2.75) is 6.92 Å². The maximum Gasteiger partial charge on any atom is 0.138 e. The van der Waals surface area contributed by atoms with Crippen LogP contribution >= 0.6 is 11.6 Å². The Balaban J connectivity index is 3.04. The van der Waals surface area contributed by atoms with Crippen LogP contribution in [-0.2, 0) is 0 Å². The summed E-state index contributed by atoms with van der Waals surface area (Å²) in [6, 6.07) is 1.74.